The van der Waals surface area contributed by atoms with Gasteiger partial charge in [0.25, 0.3) is 0 Å². The number of aryl methyl sites for hydroxylation is 1. The molecule has 1 aromatic carbocycles. The molecule has 2 heterocycles. The number of anilines is 2. The Morgan fingerprint density at radius 3 is 2.44 bits per heavy atom. The Labute approximate surface area is 160 Å². The van der Waals surface area contributed by atoms with E-state index in [2.05, 4.69) is 5.32 Å². The maximum absolute atomic E-state index is 12.5. The zero-order valence-corrected chi connectivity index (χ0v) is 16.7. The molecule has 0 aromatic heterocycles. The lowest BCUT2D eigenvalue weighted by Gasteiger charge is -2.30. The van der Waals surface area contributed by atoms with E-state index in [1.165, 1.54) is 10.6 Å². The largest absolute Gasteiger partial charge is 0.326 e. The molecule has 0 radical (unpaired) electrons. The molecule has 148 valence electrons. The Morgan fingerprint density at radius 2 is 1.85 bits per heavy atom. The maximum Gasteiger partial charge on any atom is 0.227 e. The van der Waals surface area contributed by atoms with Gasteiger partial charge in [0, 0.05) is 43.3 Å². The van der Waals surface area contributed by atoms with E-state index in [-0.39, 0.29) is 17.7 Å². The molecule has 0 spiro atoms. The summed E-state index contributed by atoms with van der Waals surface area (Å²) in [7, 11) is -3.19. The number of rotatable bonds is 4. The first kappa shape index (κ1) is 19.8. The lowest BCUT2D eigenvalue weighted by molar-refractivity contribution is -0.121. The molecule has 0 bridgehead atoms. The van der Waals surface area contributed by atoms with Crippen molar-refractivity contribution in [3.63, 3.8) is 0 Å². The van der Waals surface area contributed by atoms with E-state index < -0.39 is 10.0 Å². The monoisotopic (exact) mass is 393 g/mol. The van der Waals surface area contributed by atoms with Gasteiger partial charge in [-0.15, -0.1) is 0 Å². The van der Waals surface area contributed by atoms with Crippen molar-refractivity contribution in [1.29, 1.82) is 0 Å². The summed E-state index contributed by atoms with van der Waals surface area (Å²) < 4.78 is 24.6. The normalized spacial score (nSPS) is 19.9. The van der Waals surface area contributed by atoms with Crippen LogP contribution >= 0.6 is 0 Å². The Kier molecular flexibility index (Phi) is 5.86. The minimum Gasteiger partial charge on any atom is -0.326 e. The summed E-state index contributed by atoms with van der Waals surface area (Å²) in [6.45, 7) is 3.44. The van der Waals surface area contributed by atoms with Crippen molar-refractivity contribution in [3.05, 3.63) is 23.8 Å². The number of piperidine rings is 2. The number of benzene rings is 1. The fourth-order valence-electron chi connectivity index (χ4n) is 3.79. The third-order valence-corrected chi connectivity index (χ3v) is 6.68. The Morgan fingerprint density at radius 1 is 1.15 bits per heavy atom. The SMILES string of the molecule is Cc1cc(NC(=O)C2CCN(S(C)(=O)=O)CC2)ccc1N1CCCCC1=O. The number of hydrogen-bond donors (Lipinski definition) is 1. The van der Waals surface area contributed by atoms with E-state index in [9.17, 15) is 18.0 Å². The number of nitrogens with zero attached hydrogens (tertiary/aromatic N) is 2. The van der Waals surface area contributed by atoms with Gasteiger partial charge in [-0.25, -0.2) is 12.7 Å². The standard InChI is InChI=1S/C19H27N3O4S/c1-14-13-16(6-7-17(14)22-10-4-3-5-18(22)23)20-19(24)15-8-11-21(12-9-15)27(2,25)26/h6-7,13,15H,3-5,8-12H2,1-2H3,(H,20,24). The van der Waals surface area contributed by atoms with Gasteiger partial charge in [-0.05, 0) is 56.4 Å². The Balaban J connectivity index is 1.62. The molecule has 7 nitrogen and oxygen atoms in total. The van der Waals surface area contributed by atoms with E-state index in [4.69, 9.17) is 0 Å². The molecule has 2 aliphatic heterocycles. The fraction of sp³-hybridized carbons (Fsp3) is 0.579. The van der Waals surface area contributed by atoms with Gasteiger partial charge in [0.15, 0.2) is 0 Å². The summed E-state index contributed by atoms with van der Waals surface area (Å²) in [5.74, 6) is -0.116. The lowest BCUT2D eigenvalue weighted by atomic mass is 9.97. The molecule has 1 N–H and O–H groups in total. The number of hydrogen-bond acceptors (Lipinski definition) is 4. The van der Waals surface area contributed by atoms with Crippen LogP contribution in [0, 0.1) is 12.8 Å². The molecule has 27 heavy (non-hydrogen) atoms. The number of nitrogens with one attached hydrogen (secondary N) is 1. The first-order valence-electron chi connectivity index (χ1n) is 9.43. The van der Waals surface area contributed by atoms with E-state index in [0.717, 1.165) is 30.6 Å². The van der Waals surface area contributed by atoms with E-state index in [0.29, 0.717) is 38.0 Å². The number of amides is 2. The summed E-state index contributed by atoms with van der Waals surface area (Å²) in [5.41, 5.74) is 2.56. The van der Waals surface area contributed by atoms with Crippen LogP contribution in [-0.2, 0) is 19.6 Å². The molecule has 2 aliphatic rings. The predicted octanol–water partition coefficient (Wildman–Crippen LogP) is 2.12. The molecule has 2 amide bonds. The zero-order valence-electron chi connectivity index (χ0n) is 15.9. The highest BCUT2D eigenvalue weighted by molar-refractivity contribution is 7.88. The zero-order chi connectivity index (χ0) is 19.6. The van der Waals surface area contributed by atoms with E-state index >= 15 is 0 Å². The van der Waals surface area contributed by atoms with Crippen LogP contribution in [0.2, 0.25) is 0 Å². The van der Waals surface area contributed by atoms with Gasteiger partial charge >= 0.3 is 0 Å². The van der Waals surface area contributed by atoms with Gasteiger partial charge in [-0.2, -0.15) is 0 Å². The highest BCUT2D eigenvalue weighted by atomic mass is 32.2. The minimum absolute atomic E-state index is 0.0793. The third-order valence-electron chi connectivity index (χ3n) is 5.37. The van der Waals surface area contributed by atoms with Crippen LogP contribution in [0.3, 0.4) is 0 Å². The molecule has 0 saturated carbocycles. The molecule has 0 aliphatic carbocycles. The second kappa shape index (κ2) is 7.98. The summed E-state index contributed by atoms with van der Waals surface area (Å²) in [6.07, 6.45) is 4.79. The van der Waals surface area contributed by atoms with Gasteiger partial charge in [0.1, 0.15) is 0 Å². The number of carbonyl (C=O) groups is 2. The topological polar surface area (TPSA) is 86.8 Å². The van der Waals surface area contributed by atoms with E-state index in [1.807, 2.05) is 30.0 Å². The minimum atomic E-state index is -3.19. The second-order valence-corrected chi connectivity index (χ2v) is 9.41. The lowest BCUT2D eigenvalue weighted by Crippen LogP contribution is -2.40. The average molecular weight is 394 g/mol. The van der Waals surface area contributed by atoms with Crippen molar-refractivity contribution < 1.29 is 18.0 Å². The molecule has 0 unspecified atom stereocenters. The van der Waals surface area contributed by atoms with Gasteiger partial charge in [-0.1, -0.05) is 0 Å². The first-order chi connectivity index (χ1) is 12.8. The highest BCUT2D eigenvalue weighted by Gasteiger charge is 2.29. The fourth-order valence-corrected chi connectivity index (χ4v) is 4.66. The molecular weight excluding hydrogens is 366 g/mol. The molecule has 0 atom stereocenters. The van der Waals surface area contributed by atoms with Crippen molar-refractivity contribution in [2.24, 2.45) is 5.92 Å². The van der Waals surface area contributed by atoms with Crippen molar-refractivity contribution in [2.45, 2.75) is 39.0 Å². The van der Waals surface area contributed by atoms with Crippen LogP contribution in [0.4, 0.5) is 11.4 Å². The molecular formula is C19H27N3O4S. The number of carbonyl (C=O) groups excluding carboxylic acids is 2. The van der Waals surface area contributed by atoms with Crippen LogP contribution in [0.25, 0.3) is 0 Å². The van der Waals surface area contributed by atoms with Crippen molar-refractivity contribution >= 4 is 33.2 Å². The predicted molar refractivity (Wildman–Crippen MR) is 105 cm³/mol. The van der Waals surface area contributed by atoms with E-state index in [1.54, 1.807) is 0 Å². The van der Waals surface area contributed by atoms with Crippen LogP contribution in [0.1, 0.15) is 37.7 Å². The van der Waals surface area contributed by atoms with Gasteiger partial charge < -0.3 is 10.2 Å². The highest BCUT2D eigenvalue weighted by Crippen LogP contribution is 2.28. The summed E-state index contributed by atoms with van der Waals surface area (Å²) >= 11 is 0. The van der Waals surface area contributed by atoms with Crippen molar-refractivity contribution in [1.82, 2.24) is 4.31 Å². The molecule has 3 rings (SSSR count). The molecule has 2 saturated heterocycles. The van der Waals surface area contributed by atoms with Crippen LogP contribution in [0.15, 0.2) is 18.2 Å². The smallest absolute Gasteiger partial charge is 0.227 e. The average Bonchev–Trinajstić information content (AvgIpc) is 2.62. The van der Waals surface area contributed by atoms with Gasteiger partial charge in [0.2, 0.25) is 21.8 Å². The van der Waals surface area contributed by atoms with Crippen LogP contribution in [0.5, 0.6) is 0 Å². The van der Waals surface area contributed by atoms with Crippen molar-refractivity contribution in [3.8, 4) is 0 Å². The summed E-state index contributed by atoms with van der Waals surface area (Å²) in [5, 5.41) is 2.94. The van der Waals surface area contributed by atoms with Crippen molar-refractivity contribution in [2.75, 3.05) is 36.1 Å². The molecule has 1 aromatic rings. The Bertz CT molecular complexity index is 829. The van der Waals surface area contributed by atoms with Crippen LogP contribution < -0.4 is 10.2 Å². The third kappa shape index (κ3) is 4.68. The summed E-state index contributed by atoms with van der Waals surface area (Å²) in [4.78, 5) is 26.5. The second-order valence-electron chi connectivity index (χ2n) is 7.43. The van der Waals surface area contributed by atoms with Crippen LogP contribution in [-0.4, -0.2) is 50.4 Å². The molecule has 2 fully saturated rings. The first-order valence-corrected chi connectivity index (χ1v) is 11.3. The van der Waals surface area contributed by atoms with Gasteiger partial charge in [0.05, 0.1) is 6.26 Å². The molecule has 8 heteroatoms. The quantitative estimate of drug-likeness (QED) is 0.849. The maximum atomic E-state index is 12.5. The van der Waals surface area contributed by atoms with Gasteiger partial charge in [-0.3, -0.25) is 9.59 Å². The summed E-state index contributed by atoms with van der Waals surface area (Å²) in [6, 6.07) is 5.61. The Hall–Kier alpha value is -1.93. The number of sulfonamides is 1.